The van der Waals surface area contributed by atoms with Crippen LogP contribution in [0.1, 0.15) is 79.6 Å². The third-order valence-corrected chi connectivity index (χ3v) is 8.34. The van der Waals surface area contributed by atoms with E-state index in [2.05, 4.69) is 34.6 Å². The van der Waals surface area contributed by atoms with E-state index < -0.39 is 0 Å². The van der Waals surface area contributed by atoms with Gasteiger partial charge < -0.3 is 4.74 Å². The van der Waals surface area contributed by atoms with E-state index in [1.165, 1.54) is 38.5 Å². The van der Waals surface area contributed by atoms with Crippen LogP contribution in [0.4, 0.5) is 0 Å². The molecule has 1 heteroatoms. The van der Waals surface area contributed by atoms with E-state index in [-0.39, 0.29) is 0 Å². The number of ether oxygens (including phenoxy) is 1. The molecule has 1 heterocycles. The highest BCUT2D eigenvalue weighted by atomic mass is 16.5. The van der Waals surface area contributed by atoms with Gasteiger partial charge in [-0.25, -0.2) is 0 Å². The maximum Gasteiger partial charge on any atom is 0.0612 e. The van der Waals surface area contributed by atoms with E-state index in [0.717, 1.165) is 42.1 Å². The van der Waals surface area contributed by atoms with Crippen LogP contribution in [-0.4, -0.2) is 12.7 Å². The van der Waals surface area contributed by atoms with Crippen molar-refractivity contribution in [2.75, 3.05) is 6.61 Å². The fourth-order valence-corrected chi connectivity index (χ4v) is 6.37. The normalized spacial score (nSPS) is 46.6. The molecule has 4 aliphatic rings. The molecular formula is C22H38O. The lowest BCUT2D eigenvalue weighted by Crippen LogP contribution is -2.36. The van der Waals surface area contributed by atoms with Crippen molar-refractivity contribution in [3.63, 3.8) is 0 Å². The SMILES string of the molecule is CC(C)(C)C1CCC2C(COC2CC(C)(C)C2CC3CC3C2)C1. The van der Waals surface area contributed by atoms with Crippen LogP contribution in [0.25, 0.3) is 0 Å². The molecule has 0 aromatic carbocycles. The zero-order chi connectivity index (χ0) is 16.4. The van der Waals surface area contributed by atoms with Crippen molar-refractivity contribution in [1.29, 1.82) is 0 Å². The van der Waals surface area contributed by atoms with Crippen molar-refractivity contribution in [2.45, 2.75) is 85.7 Å². The largest absolute Gasteiger partial charge is 0.378 e. The molecule has 132 valence electrons. The molecule has 1 saturated heterocycles. The van der Waals surface area contributed by atoms with E-state index >= 15 is 0 Å². The number of hydrogen-bond acceptors (Lipinski definition) is 1. The molecule has 4 fully saturated rings. The summed E-state index contributed by atoms with van der Waals surface area (Å²) in [7, 11) is 0. The third-order valence-electron chi connectivity index (χ3n) is 8.34. The Kier molecular flexibility index (Phi) is 3.91. The summed E-state index contributed by atoms with van der Waals surface area (Å²) >= 11 is 0. The lowest BCUT2D eigenvalue weighted by atomic mass is 9.63. The van der Waals surface area contributed by atoms with E-state index in [1.807, 2.05) is 0 Å². The molecule has 0 aromatic rings. The second-order valence-corrected chi connectivity index (χ2v) is 11.3. The van der Waals surface area contributed by atoms with Gasteiger partial charge in [0.05, 0.1) is 12.7 Å². The van der Waals surface area contributed by atoms with Gasteiger partial charge in [-0.1, -0.05) is 34.6 Å². The van der Waals surface area contributed by atoms with Gasteiger partial charge >= 0.3 is 0 Å². The van der Waals surface area contributed by atoms with Gasteiger partial charge in [0.25, 0.3) is 0 Å². The fraction of sp³-hybridized carbons (Fsp3) is 1.00. The Morgan fingerprint density at radius 3 is 2.09 bits per heavy atom. The summed E-state index contributed by atoms with van der Waals surface area (Å²) in [5, 5.41) is 0. The van der Waals surface area contributed by atoms with Crippen LogP contribution in [0.3, 0.4) is 0 Å². The first-order chi connectivity index (χ1) is 10.7. The van der Waals surface area contributed by atoms with Crippen LogP contribution < -0.4 is 0 Å². The van der Waals surface area contributed by atoms with Crippen LogP contribution >= 0.6 is 0 Å². The molecule has 23 heavy (non-hydrogen) atoms. The average molecular weight is 319 g/mol. The van der Waals surface area contributed by atoms with E-state index in [9.17, 15) is 0 Å². The van der Waals surface area contributed by atoms with Crippen molar-refractivity contribution in [1.82, 2.24) is 0 Å². The highest BCUT2D eigenvalue weighted by Gasteiger charge is 2.52. The van der Waals surface area contributed by atoms with Crippen LogP contribution in [0.15, 0.2) is 0 Å². The molecule has 6 unspecified atom stereocenters. The topological polar surface area (TPSA) is 9.23 Å². The molecule has 3 saturated carbocycles. The smallest absolute Gasteiger partial charge is 0.0612 e. The summed E-state index contributed by atoms with van der Waals surface area (Å²) < 4.78 is 6.39. The molecule has 0 radical (unpaired) electrons. The van der Waals surface area contributed by atoms with Gasteiger partial charge in [-0.05, 0) is 91.3 Å². The molecule has 1 aliphatic heterocycles. The Hall–Kier alpha value is -0.0400. The highest BCUT2D eigenvalue weighted by Crippen LogP contribution is 2.60. The van der Waals surface area contributed by atoms with Gasteiger partial charge in [0, 0.05) is 0 Å². The predicted molar refractivity (Wildman–Crippen MR) is 96.2 cm³/mol. The Balaban J connectivity index is 1.36. The monoisotopic (exact) mass is 318 g/mol. The van der Waals surface area contributed by atoms with Gasteiger partial charge in [-0.2, -0.15) is 0 Å². The lowest BCUT2D eigenvalue weighted by Gasteiger charge is -2.41. The van der Waals surface area contributed by atoms with Crippen LogP contribution in [-0.2, 0) is 4.74 Å². The molecule has 3 aliphatic carbocycles. The summed E-state index contributed by atoms with van der Waals surface area (Å²) in [4.78, 5) is 0. The van der Waals surface area contributed by atoms with Crippen LogP contribution in [0, 0.1) is 46.3 Å². The molecule has 4 rings (SSSR count). The Labute approximate surface area is 143 Å². The van der Waals surface area contributed by atoms with Crippen molar-refractivity contribution >= 4 is 0 Å². The van der Waals surface area contributed by atoms with Gasteiger partial charge in [0.15, 0.2) is 0 Å². The minimum absolute atomic E-state index is 0.479. The number of fused-ring (bicyclic) bond motifs is 2. The average Bonchev–Trinajstić information content (AvgIpc) is 2.90. The van der Waals surface area contributed by atoms with Gasteiger partial charge in [-0.15, -0.1) is 0 Å². The minimum Gasteiger partial charge on any atom is -0.378 e. The molecule has 0 aromatic heterocycles. The quantitative estimate of drug-likeness (QED) is 0.627. The fourth-order valence-electron chi connectivity index (χ4n) is 6.37. The Morgan fingerprint density at radius 2 is 1.43 bits per heavy atom. The van der Waals surface area contributed by atoms with Gasteiger partial charge in [0.1, 0.15) is 0 Å². The Bertz CT molecular complexity index is 435. The molecule has 0 amide bonds. The summed E-state index contributed by atoms with van der Waals surface area (Å²) in [5.74, 6) is 5.81. The number of rotatable bonds is 3. The zero-order valence-electron chi connectivity index (χ0n) is 16.1. The molecule has 0 bridgehead atoms. The molecule has 0 spiro atoms. The van der Waals surface area contributed by atoms with Crippen molar-refractivity contribution in [3.05, 3.63) is 0 Å². The van der Waals surface area contributed by atoms with Crippen LogP contribution in [0.5, 0.6) is 0 Å². The standard InChI is InChI=1S/C22H38O/c1-21(2,3)17-6-7-19-16(11-17)13-23-20(19)12-22(4,5)18-9-14-8-15(14)10-18/h14-20H,6-13H2,1-5H3. The van der Waals surface area contributed by atoms with Gasteiger partial charge in [-0.3, -0.25) is 0 Å². The predicted octanol–water partition coefficient (Wildman–Crippen LogP) is 5.93. The van der Waals surface area contributed by atoms with Gasteiger partial charge in [0.2, 0.25) is 0 Å². The summed E-state index contributed by atoms with van der Waals surface area (Å²) in [6.45, 7) is 13.4. The van der Waals surface area contributed by atoms with Crippen molar-refractivity contribution in [3.8, 4) is 0 Å². The molecule has 1 nitrogen and oxygen atoms in total. The maximum atomic E-state index is 6.39. The van der Waals surface area contributed by atoms with Crippen molar-refractivity contribution < 1.29 is 4.74 Å². The number of hydrogen-bond donors (Lipinski definition) is 0. The maximum absolute atomic E-state index is 6.39. The first-order valence-corrected chi connectivity index (χ1v) is 10.4. The summed E-state index contributed by atoms with van der Waals surface area (Å²) in [6.07, 6.45) is 10.7. The first-order valence-electron chi connectivity index (χ1n) is 10.4. The second kappa shape index (κ2) is 5.48. The van der Waals surface area contributed by atoms with E-state index in [1.54, 1.807) is 6.42 Å². The van der Waals surface area contributed by atoms with Crippen LogP contribution in [0.2, 0.25) is 0 Å². The molecule has 0 N–H and O–H groups in total. The second-order valence-electron chi connectivity index (χ2n) is 11.3. The highest BCUT2D eigenvalue weighted by molar-refractivity contribution is 5.01. The first kappa shape index (κ1) is 16.4. The zero-order valence-corrected chi connectivity index (χ0v) is 16.1. The minimum atomic E-state index is 0.479. The molecule has 6 atom stereocenters. The summed E-state index contributed by atoms with van der Waals surface area (Å²) in [5.41, 5.74) is 0.973. The van der Waals surface area contributed by atoms with Crippen molar-refractivity contribution in [2.24, 2.45) is 46.3 Å². The summed E-state index contributed by atoms with van der Waals surface area (Å²) in [6, 6.07) is 0. The van der Waals surface area contributed by atoms with E-state index in [4.69, 9.17) is 4.74 Å². The molecular weight excluding hydrogens is 280 g/mol. The lowest BCUT2D eigenvalue weighted by molar-refractivity contribution is 0.0257. The Morgan fingerprint density at radius 1 is 0.783 bits per heavy atom. The third kappa shape index (κ3) is 3.12. The van der Waals surface area contributed by atoms with E-state index in [0.29, 0.717) is 16.9 Å².